The monoisotopic (exact) mass is 377 g/mol. The number of hydrogen-bond donors (Lipinski definition) is 4. The topological polar surface area (TPSA) is 128 Å². The first kappa shape index (κ1) is 23.2. The van der Waals surface area contributed by atoms with Gasteiger partial charge >= 0.3 is 12.1 Å². The van der Waals surface area contributed by atoms with Crippen LogP contribution in [0.4, 0.5) is 18.9 Å². The highest BCUT2D eigenvalue weighted by atomic mass is 19.4. The summed E-state index contributed by atoms with van der Waals surface area (Å²) in [5, 5.41) is 23.4. The van der Waals surface area contributed by atoms with Crippen LogP contribution in [0.25, 0.3) is 0 Å². The van der Waals surface area contributed by atoms with Gasteiger partial charge in [0, 0.05) is 25.6 Å². The van der Waals surface area contributed by atoms with Gasteiger partial charge in [0.05, 0.1) is 5.56 Å². The molecule has 5 N–H and O–H groups in total. The Bertz CT molecular complexity index is 617. The van der Waals surface area contributed by atoms with Crippen molar-refractivity contribution in [2.24, 2.45) is 5.73 Å². The molecule has 146 valence electrons. The number of halogens is 3. The lowest BCUT2D eigenvalue weighted by molar-refractivity contribution is -0.138. The zero-order chi connectivity index (χ0) is 20.3. The second-order valence-electron chi connectivity index (χ2n) is 5.31. The number of hydrogen-bond acceptors (Lipinski definition) is 3. The molecular weight excluding hydrogens is 355 g/mol. The van der Waals surface area contributed by atoms with Crippen LogP contribution >= 0.6 is 0 Å². The maximum absolute atomic E-state index is 12.7. The van der Waals surface area contributed by atoms with Gasteiger partial charge in [-0.15, -0.1) is 0 Å². The number of nitrogens with zero attached hydrogens (tertiary/aromatic N) is 1. The van der Waals surface area contributed by atoms with Crippen molar-refractivity contribution in [1.29, 1.82) is 5.41 Å². The van der Waals surface area contributed by atoms with Crippen LogP contribution in [0, 0.1) is 5.41 Å². The van der Waals surface area contributed by atoms with Crippen molar-refractivity contribution in [3.05, 3.63) is 29.8 Å². The van der Waals surface area contributed by atoms with E-state index in [1.807, 2.05) is 0 Å². The highest BCUT2D eigenvalue weighted by Crippen LogP contribution is 2.31. The maximum atomic E-state index is 12.7. The maximum Gasteiger partial charge on any atom is 0.416 e. The number of carboxylic acid groups (broad SMARTS) is 2. The molecule has 0 heterocycles. The highest BCUT2D eigenvalue weighted by molar-refractivity contribution is 5.92. The van der Waals surface area contributed by atoms with Crippen LogP contribution < -0.4 is 10.6 Å². The number of benzene rings is 1. The van der Waals surface area contributed by atoms with Crippen molar-refractivity contribution < 1.29 is 33.0 Å². The molecular formula is C16H22F3N3O4. The van der Waals surface area contributed by atoms with E-state index in [0.29, 0.717) is 19.3 Å². The first-order chi connectivity index (χ1) is 11.9. The van der Waals surface area contributed by atoms with Crippen molar-refractivity contribution in [3.8, 4) is 0 Å². The first-order valence-corrected chi connectivity index (χ1v) is 7.65. The Balaban J connectivity index is 0.00000141. The third-order valence-electron chi connectivity index (χ3n) is 3.05. The predicted octanol–water partition coefficient (Wildman–Crippen LogP) is 3.14. The molecule has 0 atom stereocenters. The summed E-state index contributed by atoms with van der Waals surface area (Å²) in [5.74, 6) is -2.07. The molecule has 0 radical (unpaired) electrons. The Morgan fingerprint density at radius 2 is 1.77 bits per heavy atom. The Morgan fingerprint density at radius 1 is 1.19 bits per heavy atom. The molecule has 0 unspecified atom stereocenters. The fourth-order valence-corrected chi connectivity index (χ4v) is 1.96. The Kier molecular flexibility index (Phi) is 9.78. The molecule has 0 fully saturated rings. The van der Waals surface area contributed by atoms with Crippen LogP contribution in [-0.2, 0) is 15.8 Å². The van der Waals surface area contributed by atoms with E-state index in [1.54, 1.807) is 0 Å². The van der Waals surface area contributed by atoms with Crippen LogP contribution in [0.3, 0.4) is 0 Å². The highest BCUT2D eigenvalue weighted by Gasteiger charge is 2.30. The van der Waals surface area contributed by atoms with Gasteiger partial charge in [-0.05, 0) is 31.0 Å². The Morgan fingerprint density at radius 3 is 2.23 bits per heavy atom. The van der Waals surface area contributed by atoms with Crippen molar-refractivity contribution in [2.75, 3.05) is 11.4 Å². The van der Waals surface area contributed by atoms with Crippen LogP contribution in [0.5, 0.6) is 0 Å². The van der Waals surface area contributed by atoms with Crippen molar-refractivity contribution in [3.63, 3.8) is 0 Å². The largest absolute Gasteiger partial charge is 0.481 e. The Labute approximate surface area is 148 Å². The van der Waals surface area contributed by atoms with Gasteiger partial charge in [-0.25, -0.2) is 0 Å². The van der Waals surface area contributed by atoms with E-state index in [-0.39, 0.29) is 24.6 Å². The average molecular weight is 377 g/mol. The third kappa shape index (κ3) is 10.2. The number of carboxylic acids is 2. The molecule has 1 aromatic rings. The summed E-state index contributed by atoms with van der Waals surface area (Å²) in [6.07, 6.45) is -2.81. The molecule has 0 aliphatic carbocycles. The Hall–Kier alpha value is -2.78. The van der Waals surface area contributed by atoms with Crippen molar-refractivity contribution >= 4 is 23.6 Å². The molecule has 0 aromatic heterocycles. The summed E-state index contributed by atoms with van der Waals surface area (Å²) in [4.78, 5) is 20.7. The second kappa shape index (κ2) is 11.0. The summed E-state index contributed by atoms with van der Waals surface area (Å²) in [6, 6.07) is 4.61. The molecule has 0 saturated carbocycles. The molecule has 1 aromatic carbocycles. The number of alkyl halides is 3. The standard InChI is InChI=1S/C14H18F3N3O2.C2H4O2/c15-14(16,17)10-5-4-6-11(9-10)20(13(18)19)8-3-1-2-7-12(21)22;1-2(3)4/h4-6,9H,1-3,7-8H2,(H3,18,19)(H,21,22);1H3,(H,3,4). The van der Waals surface area contributed by atoms with Gasteiger partial charge in [0.1, 0.15) is 0 Å². The van der Waals surface area contributed by atoms with Crippen LogP contribution in [0.1, 0.15) is 38.2 Å². The number of carbonyl (C=O) groups is 2. The van der Waals surface area contributed by atoms with Gasteiger partial charge in [0.15, 0.2) is 5.96 Å². The summed E-state index contributed by atoms with van der Waals surface area (Å²) in [5.41, 5.74) is 4.82. The molecule has 0 spiro atoms. The fourth-order valence-electron chi connectivity index (χ4n) is 1.96. The van der Waals surface area contributed by atoms with E-state index in [2.05, 4.69) is 0 Å². The number of unbranched alkanes of at least 4 members (excludes halogenated alkanes) is 2. The number of nitrogens with two attached hydrogens (primary N) is 1. The molecule has 26 heavy (non-hydrogen) atoms. The zero-order valence-electron chi connectivity index (χ0n) is 14.2. The third-order valence-corrected chi connectivity index (χ3v) is 3.05. The van der Waals surface area contributed by atoms with E-state index in [9.17, 15) is 18.0 Å². The minimum atomic E-state index is -4.46. The van der Waals surface area contributed by atoms with Gasteiger partial charge in [0.25, 0.3) is 5.97 Å². The van der Waals surface area contributed by atoms with Crippen molar-refractivity contribution in [1.82, 2.24) is 0 Å². The lowest BCUT2D eigenvalue weighted by Gasteiger charge is -2.23. The predicted molar refractivity (Wildman–Crippen MR) is 90.1 cm³/mol. The lowest BCUT2D eigenvalue weighted by atomic mass is 10.1. The SMILES string of the molecule is CC(=O)O.N=C(N)N(CCCCCC(=O)O)c1cccc(C(F)(F)F)c1. The molecule has 7 nitrogen and oxygen atoms in total. The van der Waals surface area contributed by atoms with E-state index in [1.165, 1.54) is 17.0 Å². The summed E-state index contributed by atoms with van der Waals surface area (Å²) in [6.45, 7) is 1.34. The minimum Gasteiger partial charge on any atom is -0.481 e. The molecule has 1 rings (SSSR count). The van der Waals surface area contributed by atoms with E-state index < -0.39 is 23.7 Å². The quantitative estimate of drug-likeness (QED) is 0.328. The van der Waals surface area contributed by atoms with Gasteiger partial charge < -0.3 is 20.8 Å². The zero-order valence-corrected chi connectivity index (χ0v) is 14.2. The molecule has 10 heteroatoms. The van der Waals surface area contributed by atoms with Crippen LogP contribution in [0.15, 0.2) is 24.3 Å². The van der Waals surface area contributed by atoms with E-state index in [0.717, 1.165) is 19.1 Å². The first-order valence-electron chi connectivity index (χ1n) is 7.65. The smallest absolute Gasteiger partial charge is 0.416 e. The van der Waals surface area contributed by atoms with Gasteiger partial charge in [0.2, 0.25) is 0 Å². The summed E-state index contributed by atoms with van der Waals surface area (Å²) < 4.78 is 38.1. The number of nitrogens with one attached hydrogen (secondary N) is 1. The molecule has 0 aliphatic heterocycles. The second-order valence-corrected chi connectivity index (χ2v) is 5.31. The molecule has 0 bridgehead atoms. The van der Waals surface area contributed by atoms with Crippen molar-refractivity contribution in [2.45, 2.75) is 38.8 Å². The molecule has 0 amide bonds. The fraction of sp³-hybridized carbons (Fsp3) is 0.438. The van der Waals surface area contributed by atoms with E-state index in [4.69, 9.17) is 26.2 Å². The normalized spacial score (nSPS) is 10.5. The van der Waals surface area contributed by atoms with Gasteiger partial charge in [-0.3, -0.25) is 15.0 Å². The number of rotatable bonds is 7. The average Bonchev–Trinajstić information content (AvgIpc) is 2.49. The number of aliphatic carboxylic acids is 2. The molecule has 0 aliphatic rings. The van der Waals surface area contributed by atoms with Crippen LogP contribution in [-0.4, -0.2) is 34.7 Å². The van der Waals surface area contributed by atoms with Gasteiger partial charge in [-0.1, -0.05) is 12.5 Å². The summed E-state index contributed by atoms with van der Waals surface area (Å²) >= 11 is 0. The van der Waals surface area contributed by atoms with Crippen LogP contribution in [0.2, 0.25) is 0 Å². The number of anilines is 1. The van der Waals surface area contributed by atoms with Gasteiger partial charge in [-0.2, -0.15) is 13.2 Å². The lowest BCUT2D eigenvalue weighted by Crippen LogP contribution is -2.37. The molecule has 0 saturated heterocycles. The number of guanidine groups is 1. The summed E-state index contributed by atoms with van der Waals surface area (Å²) in [7, 11) is 0. The minimum absolute atomic E-state index is 0.0453. The van der Waals surface area contributed by atoms with E-state index >= 15 is 0 Å².